The minimum atomic E-state index is 0.346. The van der Waals surface area contributed by atoms with Crippen LogP contribution in [0.1, 0.15) is 12.8 Å². The second-order valence-electron chi connectivity index (χ2n) is 2.39. The van der Waals surface area contributed by atoms with E-state index in [1.807, 2.05) is 0 Å². The molecule has 0 aromatic rings. The van der Waals surface area contributed by atoms with Crippen LogP contribution in [0.4, 0.5) is 0 Å². The van der Waals surface area contributed by atoms with E-state index in [9.17, 15) is 0 Å². The van der Waals surface area contributed by atoms with Crippen LogP contribution >= 0.6 is 0 Å². The third-order valence-electron chi connectivity index (χ3n) is 1.64. The molecule has 0 N–H and O–H groups in total. The van der Waals surface area contributed by atoms with E-state index in [1.165, 1.54) is 0 Å². The average Bonchev–Trinajstić information content (AvgIpc) is 1.88. The van der Waals surface area contributed by atoms with E-state index < -0.39 is 0 Å². The first kappa shape index (κ1) is 5.24. The average molecular weight is 121 g/mol. The van der Waals surface area contributed by atoms with Gasteiger partial charge in [0.15, 0.2) is 0 Å². The Balaban J connectivity index is 2.20. The van der Waals surface area contributed by atoms with Gasteiger partial charge in [-0.05, 0) is 6.42 Å². The fourth-order valence-electron chi connectivity index (χ4n) is 1.19. The van der Waals surface area contributed by atoms with E-state index in [4.69, 9.17) is 4.74 Å². The third-order valence-corrected chi connectivity index (χ3v) is 1.64. The van der Waals surface area contributed by atoms with Gasteiger partial charge in [-0.15, -0.1) is 0 Å². The van der Waals surface area contributed by atoms with E-state index in [-0.39, 0.29) is 0 Å². The summed E-state index contributed by atoms with van der Waals surface area (Å²) in [6.07, 6.45) is 12.0. The number of rotatable bonds is 0. The normalized spacial score (nSPS) is 33.1. The molecule has 0 fully saturated rings. The zero-order chi connectivity index (χ0) is 6.10. The molecule has 47 valence electrons. The van der Waals surface area contributed by atoms with Gasteiger partial charge >= 0.3 is 0 Å². The van der Waals surface area contributed by atoms with Crippen LogP contribution in [-0.2, 0) is 4.74 Å². The monoisotopic (exact) mass is 121 g/mol. The molecule has 2 bridgehead atoms. The van der Waals surface area contributed by atoms with Crippen LogP contribution in [0.25, 0.3) is 0 Å². The maximum Gasteiger partial charge on any atom is 0.123 e. The van der Waals surface area contributed by atoms with Crippen LogP contribution in [-0.4, -0.2) is 6.10 Å². The molecule has 0 amide bonds. The summed E-state index contributed by atoms with van der Waals surface area (Å²) in [5.41, 5.74) is 0. The SMILES string of the molecule is C1=CC2CC=C[C](C1)O2. The zero-order valence-corrected chi connectivity index (χ0v) is 5.21. The molecule has 2 heterocycles. The van der Waals surface area contributed by atoms with Crippen molar-refractivity contribution in [3.8, 4) is 0 Å². The molecule has 2 rings (SSSR count). The Morgan fingerprint density at radius 2 is 2.44 bits per heavy atom. The second kappa shape index (κ2) is 1.99. The van der Waals surface area contributed by atoms with Gasteiger partial charge in [-0.1, -0.05) is 24.3 Å². The van der Waals surface area contributed by atoms with Crippen molar-refractivity contribution in [3.63, 3.8) is 0 Å². The highest BCUT2D eigenvalue weighted by Gasteiger charge is 2.18. The molecule has 1 atom stereocenters. The minimum absolute atomic E-state index is 0.346. The van der Waals surface area contributed by atoms with E-state index >= 15 is 0 Å². The van der Waals surface area contributed by atoms with Crippen molar-refractivity contribution in [2.45, 2.75) is 18.9 Å². The van der Waals surface area contributed by atoms with Gasteiger partial charge in [0.05, 0.1) is 6.10 Å². The van der Waals surface area contributed by atoms with E-state index in [0.29, 0.717) is 6.10 Å². The van der Waals surface area contributed by atoms with Crippen LogP contribution < -0.4 is 0 Å². The van der Waals surface area contributed by atoms with Gasteiger partial charge in [-0.2, -0.15) is 0 Å². The molecule has 2 aliphatic rings. The van der Waals surface area contributed by atoms with Gasteiger partial charge in [0, 0.05) is 6.42 Å². The number of hydrogen-bond acceptors (Lipinski definition) is 1. The van der Waals surface area contributed by atoms with E-state index in [2.05, 4.69) is 24.3 Å². The van der Waals surface area contributed by atoms with Crippen molar-refractivity contribution in [2.75, 3.05) is 0 Å². The quantitative estimate of drug-likeness (QED) is 0.444. The number of ether oxygens (including phenoxy) is 1. The fraction of sp³-hybridized carbons (Fsp3) is 0.375. The van der Waals surface area contributed by atoms with Crippen LogP contribution in [0.3, 0.4) is 0 Å². The molecule has 1 nitrogen and oxygen atoms in total. The second-order valence-corrected chi connectivity index (χ2v) is 2.39. The standard InChI is InChI=1S/C8H9O/c1-3-7-5-2-6-8(4-1)9-7/h1-3,6-7H,4-5H2. The molecular formula is C8H9O. The molecule has 0 aromatic heterocycles. The fourth-order valence-corrected chi connectivity index (χ4v) is 1.19. The van der Waals surface area contributed by atoms with Crippen LogP contribution in [0.15, 0.2) is 24.3 Å². The van der Waals surface area contributed by atoms with Crippen molar-refractivity contribution < 1.29 is 4.74 Å². The Bertz CT molecular complexity index is 140. The summed E-state index contributed by atoms with van der Waals surface area (Å²) in [6, 6.07) is 0. The summed E-state index contributed by atoms with van der Waals surface area (Å²) in [7, 11) is 0. The predicted molar refractivity (Wildman–Crippen MR) is 35.6 cm³/mol. The molecule has 1 heteroatoms. The molecule has 0 saturated heterocycles. The Hall–Kier alpha value is -0.560. The molecule has 1 unspecified atom stereocenters. The van der Waals surface area contributed by atoms with Crippen molar-refractivity contribution in [2.24, 2.45) is 0 Å². The molecule has 0 spiro atoms. The summed E-state index contributed by atoms with van der Waals surface area (Å²) in [5.74, 6) is 0. The first-order chi connectivity index (χ1) is 4.45. The maximum absolute atomic E-state index is 5.47. The summed E-state index contributed by atoms with van der Waals surface area (Å²) < 4.78 is 5.47. The summed E-state index contributed by atoms with van der Waals surface area (Å²) >= 11 is 0. The van der Waals surface area contributed by atoms with Crippen molar-refractivity contribution in [1.82, 2.24) is 0 Å². The number of fused-ring (bicyclic) bond motifs is 2. The molecule has 0 aliphatic carbocycles. The highest BCUT2D eigenvalue weighted by molar-refractivity contribution is 5.17. The lowest BCUT2D eigenvalue weighted by atomic mass is 10.0. The van der Waals surface area contributed by atoms with Gasteiger partial charge in [-0.25, -0.2) is 0 Å². The molecule has 0 aromatic carbocycles. The van der Waals surface area contributed by atoms with Crippen LogP contribution in [0, 0.1) is 6.10 Å². The maximum atomic E-state index is 5.47. The first-order valence-corrected chi connectivity index (χ1v) is 3.31. The lowest BCUT2D eigenvalue weighted by Crippen LogP contribution is -2.19. The minimum Gasteiger partial charge on any atom is -0.360 e. The molecular weight excluding hydrogens is 112 g/mol. The third kappa shape index (κ3) is 0.924. The Labute approximate surface area is 55.0 Å². The van der Waals surface area contributed by atoms with Crippen LogP contribution in [0.5, 0.6) is 0 Å². The van der Waals surface area contributed by atoms with E-state index in [1.54, 1.807) is 0 Å². The largest absolute Gasteiger partial charge is 0.360 e. The Morgan fingerprint density at radius 1 is 1.44 bits per heavy atom. The lowest BCUT2D eigenvalue weighted by Gasteiger charge is -2.25. The molecule has 0 saturated carbocycles. The predicted octanol–water partition coefficient (Wildman–Crippen LogP) is 1.82. The Morgan fingerprint density at radius 3 is 3.22 bits per heavy atom. The Kier molecular flexibility index (Phi) is 1.16. The zero-order valence-electron chi connectivity index (χ0n) is 5.21. The van der Waals surface area contributed by atoms with Gasteiger partial charge in [0.25, 0.3) is 0 Å². The van der Waals surface area contributed by atoms with Crippen LogP contribution in [0.2, 0.25) is 0 Å². The van der Waals surface area contributed by atoms with Crippen molar-refractivity contribution in [3.05, 3.63) is 30.4 Å². The summed E-state index contributed by atoms with van der Waals surface area (Å²) in [6.45, 7) is 0. The first-order valence-electron chi connectivity index (χ1n) is 3.31. The smallest absolute Gasteiger partial charge is 0.123 e. The molecule has 2 aliphatic heterocycles. The van der Waals surface area contributed by atoms with Crippen molar-refractivity contribution in [1.29, 1.82) is 0 Å². The highest BCUT2D eigenvalue weighted by atomic mass is 16.5. The van der Waals surface area contributed by atoms with Gasteiger partial charge in [0.2, 0.25) is 0 Å². The summed E-state index contributed by atoms with van der Waals surface area (Å²) in [5, 5.41) is 0. The molecule has 9 heavy (non-hydrogen) atoms. The van der Waals surface area contributed by atoms with Gasteiger partial charge < -0.3 is 4.74 Å². The summed E-state index contributed by atoms with van der Waals surface area (Å²) in [4.78, 5) is 0. The van der Waals surface area contributed by atoms with Gasteiger partial charge in [0.1, 0.15) is 6.10 Å². The number of hydrogen-bond donors (Lipinski definition) is 0. The molecule has 1 radical (unpaired) electrons. The highest BCUT2D eigenvalue weighted by Crippen LogP contribution is 2.25. The lowest BCUT2D eigenvalue weighted by molar-refractivity contribution is 0.0955. The van der Waals surface area contributed by atoms with Gasteiger partial charge in [-0.3, -0.25) is 0 Å². The van der Waals surface area contributed by atoms with E-state index in [0.717, 1.165) is 18.9 Å². The van der Waals surface area contributed by atoms with Crippen molar-refractivity contribution >= 4 is 0 Å². The topological polar surface area (TPSA) is 9.23 Å².